The smallest absolute Gasteiger partial charge is 0.337 e. The zero-order chi connectivity index (χ0) is 12.3. The number of hydrogen-bond acceptors (Lipinski definition) is 5. The van der Waals surface area contributed by atoms with E-state index in [9.17, 15) is 4.79 Å². The first kappa shape index (κ1) is 11.4. The molecule has 2 aromatic rings. The number of carbonyl (C=O) groups is 1. The third-order valence-electron chi connectivity index (χ3n) is 1.94. The van der Waals surface area contributed by atoms with Crippen molar-refractivity contribution in [2.75, 3.05) is 0 Å². The molecule has 0 aliphatic carbocycles. The van der Waals surface area contributed by atoms with E-state index >= 15 is 0 Å². The van der Waals surface area contributed by atoms with E-state index in [1.807, 2.05) is 0 Å². The molecule has 0 fully saturated rings. The average molecular weight is 255 g/mol. The normalized spacial score (nSPS) is 10.2. The highest BCUT2D eigenvalue weighted by Gasteiger charge is 2.10. The summed E-state index contributed by atoms with van der Waals surface area (Å²) in [5.74, 6) is -0.444. The molecule has 0 amide bonds. The molecule has 1 N–H and O–H groups in total. The Balaban J connectivity index is 2.11. The van der Waals surface area contributed by atoms with Crippen LogP contribution in [0.5, 0.6) is 5.75 Å². The maximum absolute atomic E-state index is 10.8. The second-order valence-corrected chi connectivity index (χ2v) is 3.48. The molecule has 2 rings (SSSR count). The number of ether oxygens (including phenoxy) is 1. The summed E-state index contributed by atoms with van der Waals surface area (Å²) in [6.45, 7) is 0.0701. The van der Waals surface area contributed by atoms with Crippen LogP contribution in [-0.2, 0) is 6.61 Å². The summed E-state index contributed by atoms with van der Waals surface area (Å²) in [4.78, 5) is 14.6. The van der Waals surface area contributed by atoms with Gasteiger partial charge in [-0.25, -0.2) is 4.79 Å². The number of benzene rings is 1. The topological polar surface area (TPSA) is 85.5 Å². The van der Waals surface area contributed by atoms with E-state index in [1.165, 1.54) is 18.5 Å². The summed E-state index contributed by atoms with van der Waals surface area (Å²) in [5, 5.41) is 12.4. The van der Waals surface area contributed by atoms with Gasteiger partial charge in [0.2, 0.25) is 0 Å². The number of aromatic nitrogens is 2. The minimum Gasteiger partial charge on any atom is -0.484 e. The lowest BCUT2D eigenvalue weighted by Crippen LogP contribution is -2.00. The Labute approximate surface area is 101 Å². The molecule has 1 heterocycles. The molecule has 0 saturated heterocycles. The Morgan fingerprint density at radius 2 is 2.35 bits per heavy atom. The van der Waals surface area contributed by atoms with Gasteiger partial charge in [0.25, 0.3) is 5.89 Å². The highest BCUT2D eigenvalue weighted by molar-refractivity contribution is 6.33. The van der Waals surface area contributed by atoms with Gasteiger partial charge in [-0.1, -0.05) is 16.8 Å². The van der Waals surface area contributed by atoms with Gasteiger partial charge >= 0.3 is 5.97 Å². The van der Waals surface area contributed by atoms with Gasteiger partial charge in [-0.05, 0) is 18.2 Å². The fraction of sp³-hybridized carbons (Fsp3) is 0.100. The predicted molar refractivity (Wildman–Crippen MR) is 57.0 cm³/mol. The van der Waals surface area contributed by atoms with Crippen LogP contribution in [0.25, 0.3) is 0 Å². The van der Waals surface area contributed by atoms with Gasteiger partial charge < -0.3 is 14.4 Å². The van der Waals surface area contributed by atoms with Gasteiger partial charge in [-0.15, -0.1) is 0 Å². The quantitative estimate of drug-likeness (QED) is 0.898. The van der Waals surface area contributed by atoms with Crippen molar-refractivity contribution in [1.29, 1.82) is 0 Å². The highest BCUT2D eigenvalue weighted by Crippen LogP contribution is 2.22. The lowest BCUT2D eigenvalue weighted by atomic mass is 10.2. The van der Waals surface area contributed by atoms with Gasteiger partial charge in [0.15, 0.2) is 12.9 Å². The van der Waals surface area contributed by atoms with Crippen molar-refractivity contribution in [3.8, 4) is 5.75 Å². The van der Waals surface area contributed by atoms with Crippen molar-refractivity contribution >= 4 is 17.6 Å². The van der Waals surface area contributed by atoms with Crippen LogP contribution < -0.4 is 4.74 Å². The Kier molecular flexibility index (Phi) is 3.24. The van der Waals surface area contributed by atoms with Gasteiger partial charge in [0.05, 0.1) is 10.6 Å². The maximum atomic E-state index is 10.8. The van der Waals surface area contributed by atoms with Gasteiger partial charge in [-0.2, -0.15) is 4.98 Å². The van der Waals surface area contributed by atoms with Crippen LogP contribution in [0.1, 0.15) is 16.2 Å². The molecule has 7 heteroatoms. The lowest BCUT2D eigenvalue weighted by Gasteiger charge is -2.05. The van der Waals surface area contributed by atoms with Crippen LogP contribution >= 0.6 is 11.6 Å². The Bertz CT molecular complexity index is 527. The predicted octanol–water partition coefficient (Wildman–Crippen LogP) is 2.00. The summed E-state index contributed by atoms with van der Waals surface area (Å²) in [7, 11) is 0. The molecule has 0 radical (unpaired) electrons. The van der Waals surface area contributed by atoms with Crippen molar-refractivity contribution in [2.24, 2.45) is 0 Å². The molecule has 88 valence electrons. The molecule has 0 atom stereocenters. The van der Waals surface area contributed by atoms with Crippen LogP contribution in [0, 0.1) is 0 Å². The summed E-state index contributed by atoms with van der Waals surface area (Å²) < 4.78 is 10.0. The minimum absolute atomic E-state index is 0.0188. The first-order chi connectivity index (χ1) is 8.16. The van der Waals surface area contributed by atoms with E-state index in [1.54, 1.807) is 6.07 Å². The zero-order valence-corrected chi connectivity index (χ0v) is 9.22. The largest absolute Gasteiger partial charge is 0.484 e. The van der Waals surface area contributed by atoms with E-state index in [-0.39, 0.29) is 17.2 Å². The van der Waals surface area contributed by atoms with Gasteiger partial charge in [0, 0.05) is 0 Å². The highest BCUT2D eigenvalue weighted by atomic mass is 35.5. The second-order valence-electron chi connectivity index (χ2n) is 3.07. The van der Waals surface area contributed by atoms with Crippen LogP contribution in [0.2, 0.25) is 5.02 Å². The minimum atomic E-state index is -1.11. The molecule has 0 spiro atoms. The molecule has 0 aliphatic rings. The van der Waals surface area contributed by atoms with Crippen molar-refractivity contribution in [3.63, 3.8) is 0 Å². The summed E-state index contributed by atoms with van der Waals surface area (Å²) >= 11 is 5.71. The molecule has 0 bridgehead atoms. The number of aromatic carboxylic acids is 1. The molecular weight excluding hydrogens is 248 g/mol. The first-order valence-electron chi connectivity index (χ1n) is 4.58. The molecule has 6 nitrogen and oxygen atoms in total. The van der Waals surface area contributed by atoms with Crippen molar-refractivity contribution < 1.29 is 19.2 Å². The number of carboxylic acids is 1. The van der Waals surface area contributed by atoms with Crippen molar-refractivity contribution in [1.82, 2.24) is 10.1 Å². The second kappa shape index (κ2) is 4.84. The third kappa shape index (κ3) is 2.73. The average Bonchev–Trinajstić information content (AvgIpc) is 2.80. The lowest BCUT2D eigenvalue weighted by molar-refractivity contribution is 0.0696. The van der Waals surface area contributed by atoms with Crippen molar-refractivity contribution in [2.45, 2.75) is 6.61 Å². The maximum Gasteiger partial charge on any atom is 0.337 e. The number of carboxylic acid groups (broad SMARTS) is 1. The van der Waals surface area contributed by atoms with Gasteiger partial charge in [0.1, 0.15) is 5.75 Å². The number of rotatable bonds is 4. The summed E-state index contributed by atoms with van der Waals surface area (Å²) in [6.07, 6.45) is 1.25. The van der Waals surface area contributed by atoms with E-state index in [4.69, 9.17) is 26.0 Å². The molecule has 17 heavy (non-hydrogen) atoms. The van der Waals surface area contributed by atoms with Crippen LogP contribution in [0.15, 0.2) is 29.0 Å². The molecule has 1 aromatic heterocycles. The number of halogens is 1. The molecule has 0 aliphatic heterocycles. The van der Waals surface area contributed by atoms with Crippen LogP contribution in [-0.4, -0.2) is 21.2 Å². The monoisotopic (exact) mass is 254 g/mol. The number of hydrogen-bond donors (Lipinski definition) is 1. The Morgan fingerprint density at radius 3 is 3.00 bits per heavy atom. The summed E-state index contributed by atoms with van der Waals surface area (Å²) in [6, 6.07) is 4.35. The van der Waals surface area contributed by atoms with E-state index in [0.717, 1.165) is 0 Å². The number of nitrogens with zero attached hydrogens (tertiary/aromatic N) is 2. The summed E-state index contributed by atoms with van der Waals surface area (Å²) in [5.41, 5.74) is -0.0188. The van der Waals surface area contributed by atoms with E-state index in [0.29, 0.717) is 11.6 Å². The molecule has 0 saturated carbocycles. The van der Waals surface area contributed by atoms with Crippen LogP contribution in [0.3, 0.4) is 0 Å². The fourth-order valence-corrected chi connectivity index (χ4v) is 1.36. The third-order valence-corrected chi connectivity index (χ3v) is 2.27. The standard InChI is InChI=1S/C10H7ClN2O4/c11-8-2-1-6(3-7(8)10(14)15)16-4-9-12-5-13-17-9/h1-3,5H,4H2,(H,14,15). The van der Waals surface area contributed by atoms with Crippen LogP contribution in [0.4, 0.5) is 0 Å². The zero-order valence-electron chi connectivity index (χ0n) is 8.46. The molecule has 1 aromatic carbocycles. The van der Waals surface area contributed by atoms with Crippen molar-refractivity contribution in [3.05, 3.63) is 41.0 Å². The Hall–Kier alpha value is -2.08. The SMILES string of the molecule is O=C(O)c1cc(OCc2ncno2)ccc1Cl. The molecular formula is C10H7ClN2O4. The Morgan fingerprint density at radius 1 is 1.53 bits per heavy atom. The van der Waals surface area contributed by atoms with E-state index < -0.39 is 5.97 Å². The molecule has 0 unspecified atom stereocenters. The first-order valence-corrected chi connectivity index (χ1v) is 4.96. The van der Waals surface area contributed by atoms with Gasteiger partial charge in [-0.3, -0.25) is 0 Å². The fourth-order valence-electron chi connectivity index (χ4n) is 1.16. The van der Waals surface area contributed by atoms with E-state index in [2.05, 4.69) is 10.1 Å².